The summed E-state index contributed by atoms with van der Waals surface area (Å²) in [5.74, 6) is -0.0724. The molecule has 2 rings (SSSR count). The van der Waals surface area contributed by atoms with Crippen LogP contribution in [-0.4, -0.2) is 32.6 Å². The van der Waals surface area contributed by atoms with E-state index in [1.165, 1.54) is 0 Å². The number of rotatable bonds is 5. The first-order chi connectivity index (χ1) is 9.49. The number of anilines is 1. The van der Waals surface area contributed by atoms with Gasteiger partial charge in [-0.1, -0.05) is 12.1 Å². The standard InChI is InChI=1S/C14H18N4O2/c1-17(9-12-16-6-7-18(12)2)8-10-4-3-5-11(15)13(10)14(19)20/h3-7H,8-9,15H2,1-2H3,(H,19,20). The van der Waals surface area contributed by atoms with Gasteiger partial charge in [0.1, 0.15) is 5.82 Å². The van der Waals surface area contributed by atoms with Gasteiger partial charge in [-0.2, -0.15) is 0 Å². The van der Waals surface area contributed by atoms with E-state index in [9.17, 15) is 9.90 Å². The van der Waals surface area contributed by atoms with Crippen molar-refractivity contribution < 1.29 is 9.90 Å². The van der Waals surface area contributed by atoms with E-state index in [2.05, 4.69) is 4.98 Å². The maximum Gasteiger partial charge on any atom is 0.338 e. The van der Waals surface area contributed by atoms with Gasteiger partial charge in [0.25, 0.3) is 0 Å². The number of nitrogen functional groups attached to an aromatic ring is 1. The molecule has 1 aromatic heterocycles. The molecule has 0 aliphatic rings. The summed E-state index contributed by atoms with van der Waals surface area (Å²) in [5, 5.41) is 9.25. The van der Waals surface area contributed by atoms with Crippen LogP contribution in [0.15, 0.2) is 30.6 Å². The van der Waals surface area contributed by atoms with Crippen LogP contribution in [0.4, 0.5) is 5.69 Å². The number of carbonyl (C=O) groups is 1. The molecule has 20 heavy (non-hydrogen) atoms. The van der Waals surface area contributed by atoms with Gasteiger partial charge in [0.2, 0.25) is 0 Å². The van der Waals surface area contributed by atoms with Crippen LogP contribution in [0.25, 0.3) is 0 Å². The molecule has 1 aromatic carbocycles. The largest absolute Gasteiger partial charge is 0.478 e. The van der Waals surface area contributed by atoms with Gasteiger partial charge in [-0.3, -0.25) is 4.90 Å². The molecule has 0 bridgehead atoms. The van der Waals surface area contributed by atoms with E-state index in [0.29, 0.717) is 24.3 Å². The van der Waals surface area contributed by atoms with Gasteiger partial charge >= 0.3 is 5.97 Å². The van der Waals surface area contributed by atoms with Gasteiger partial charge in [-0.25, -0.2) is 9.78 Å². The van der Waals surface area contributed by atoms with E-state index in [1.54, 1.807) is 24.4 Å². The second-order valence-electron chi connectivity index (χ2n) is 4.81. The van der Waals surface area contributed by atoms with E-state index in [4.69, 9.17) is 5.73 Å². The summed E-state index contributed by atoms with van der Waals surface area (Å²) in [5.41, 5.74) is 6.92. The molecule has 0 aliphatic heterocycles. The van der Waals surface area contributed by atoms with Crippen LogP contribution in [0.5, 0.6) is 0 Å². The molecule has 0 amide bonds. The van der Waals surface area contributed by atoms with Crippen molar-refractivity contribution in [2.24, 2.45) is 7.05 Å². The monoisotopic (exact) mass is 274 g/mol. The number of nitrogens with zero attached hydrogens (tertiary/aromatic N) is 3. The second-order valence-corrected chi connectivity index (χ2v) is 4.81. The van der Waals surface area contributed by atoms with Crippen LogP contribution in [0.3, 0.4) is 0 Å². The van der Waals surface area contributed by atoms with Gasteiger partial charge in [-0.15, -0.1) is 0 Å². The van der Waals surface area contributed by atoms with E-state index >= 15 is 0 Å². The molecule has 0 atom stereocenters. The van der Waals surface area contributed by atoms with Crippen LogP contribution in [0.1, 0.15) is 21.7 Å². The molecule has 2 aromatic rings. The van der Waals surface area contributed by atoms with Crippen molar-refractivity contribution in [3.63, 3.8) is 0 Å². The Morgan fingerprint density at radius 2 is 2.20 bits per heavy atom. The van der Waals surface area contributed by atoms with Crippen molar-refractivity contribution >= 4 is 11.7 Å². The molecule has 0 radical (unpaired) electrons. The molecule has 3 N–H and O–H groups in total. The number of imidazole rings is 1. The molecule has 1 heterocycles. The number of nitrogens with two attached hydrogens (primary N) is 1. The predicted molar refractivity (Wildman–Crippen MR) is 76.2 cm³/mol. The van der Waals surface area contributed by atoms with Gasteiger partial charge in [-0.05, 0) is 18.7 Å². The summed E-state index contributed by atoms with van der Waals surface area (Å²) < 4.78 is 1.94. The lowest BCUT2D eigenvalue weighted by atomic mass is 10.1. The normalized spacial score (nSPS) is 10.9. The van der Waals surface area contributed by atoms with Crippen LogP contribution in [0.2, 0.25) is 0 Å². The van der Waals surface area contributed by atoms with E-state index in [-0.39, 0.29) is 5.56 Å². The average molecular weight is 274 g/mol. The molecule has 0 fully saturated rings. The van der Waals surface area contributed by atoms with E-state index in [0.717, 1.165) is 5.82 Å². The van der Waals surface area contributed by atoms with Gasteiger partial charge in [0.05, 0.1) is 12.1 Å². The third kappa shape index (κ3) is 2.97. The number of benzene rings is 1. The Balaban J connectivity index is 2.16. The number of hydrogen-bond acceptors (Lipinski definition) is 4. The van der Waals surface area contributed by atoms with Crippen LogP contribution < -0.4 is 5.73 Å². The number of carboxylic acids is 1. The fraction of sp³-hybridized carbons (Fsp3) is 0.286. The first-order valence-corrected chi connectivity index (χ1v) is 6.24. The third-order valence-corrected chi connectivity index (χ3v) is 3.17. The van der Waals surface area contributed by atoms with Crippen LogP contribution >= 0.6 is 0 Å². The summed E-state index contributed by atoms with van der Waals surface area (Å²) in [6.07, 6.45) is 3.62. The van der Waals surface area contributed by atoms with Crippen molar-refractivity contribution in [1.29, 1.82) is 0 Å². The molecule has 0 saturated heterocycles. The summed E-state index contributed by atoms with van der Waals surface area (Å²) in [4.78, 5) is 17.5. The van der Waals surface area contributed by atoms with Gasteiger partial charge < -0.3 is 15.4 Å². The maximum atomic E-state index is 11.3. The fourth-order valence-electron chi connectivity index (χ4n) is 2.15. The SMILES string of the molecule is CN(Cc1cccc(N)c1C(=O)O)Cc1nccn1C. The lowest BCUT2D eigenvalue weighted by Gasteiger charge is -2.18. The highest BCUT2D eigenvalue weighted by molar-refractivity contribution is 5.95. The minimum absolute atomic E-state index is 0.180. The molecule has 0 aliphatic carbocycles. The zero-order valence-corrected chi connectivity index (χ0v) is 11.6. The number of carboxylic acid groups (broad SMARTS) is 1. The molecule has 6 nitrogen and oxygen atoms in total. The highest BCUT2D eigenvalue weighted by Crippen LogP contribution is 2.19. The number of aryl methyl sites for hydroxylation is 1. The van der Waals surface area contributed by atoms with Gasteiger partial charge in [0, 0.05) is 31.7 Å². The Kier molecular flexibility index (Phi) is 4.05. The molecule has 6 heteroatoms. The Labute approximate surface area is 117 Å². The van der Waals surface area contributed by atoms with E-state index in [1.807, 2.05) is 29.8 Å². The zero-order chi connectivity index (χ0) is 14.7. The molecule has 0 unspecified atom stereocenters. The Morgan fingerprint density at radius 3 is 2.80 bits per heavy atom. The summed E-state index contributed by atoms with van der Waals surface area (Å²) in [6, 6.07) is 5.16. The highest BCUT2D eigenvalue weighted by atomic mass is 16.4. The van der Waals surface area contributed by atoms with Crippen molar-refractivity contribution in [1.82, 2.24) is 14.5 Å². The van der Waals surface area contributed by atoms with Crippen LogP contribution in [0, 0.1) is 0 Å². The predicted octanol–water partition coefficient (Wildman–Crippen LogP) is 1.33. The highest BCUT2D eigenvalue weighted by Gasteiger charge is 2.15. The quantitative estimate of drug-likeness (QED) is 0.804. The molecule has 0 spiro atoms. The summed E-state index contributed by atoms with van der Waals surface area (Å²) >= 11 is 0. The Hall–Kier alpha value is -2.34. The number of aromatic carboxylic acids is 1. The Bertz CT molecular complexity index is 621. The summed E-state index contributed by atoms with van der Waals surface area (Å²) in [6.45, 7) is 1.14. The van der Waals surface area contributed by atoms with Crippen LogP contribution in [-0.2, 0) is 20.1 Å². The van der Waals surface area contributed by atoms with Crippen molar-refractivity contribution in [2.45, 2.75) is 13.1 Å². The van der Waals surface area contributed by atoms with Crippen molar-refractivity contribution in [2.75, 3.05) is 12.8 Å². The minimum atomic E-state index is -0.997. The molecular weight excluding hydrogens is 256 g/mol. The zero-order valence-electron chi connectivity index (χ0n) is 11.6. The molecule has 106 valence electrons. The fourth-order valence-corrected chi connectivity index (χ4v) is 2.15. The van der Waals surface area contributed by atoms with Crippen molar-refractivity contribution in [3.8, 4) is 0 Å². The maximum absolute atomic E-state index is 11.3. The number of hydrogen-bond donors (Lipinski definition) is 2. The second kappa shape index (κ2) is 5.75. The topological polar surface area (TPSA) is 84.4 Å². The number of aromatic nitrogens is 2. The lowest BCUT2D eigenvalue weighted by molar-refractivity contribution is 0.0696. The lowest BCUT2D eigenvalue weighted by Crippen LogP contribution is -2.21. The first kappa shape index (κ1) is 14.1. The molecular formula is C14H18N4O2. The van der Waals surface area contributed by atoms with E-state index < -0.39 is 5.97 Å². The van der Waals surface area contributed by atoms with Crippen molar-refractivity contribution in [3.05, 3.63) is 47.5 Å². The third-order valence-electron chi connectivity index (χ3n) is 3.17. The summed E-state index contributed by atoms with van der Waals surface area (Å²) in [7, 11) is 3.85. The minimum Gasteiger partial charge on any atom is -0.478 e. The molecule has 0 saturated carbocycles. The smallest absolute Gasteiger partial charge is 0.338 e. The first-order valence-electron chi connectivity index (χ1n) is 6.24. The Morgan fingerprint density at radius 1 is 1.45 bits per heavy atom. The average Bonchev–Trinajstić information content (AvgIpc) is 2.74. The van der Waals surface area contributed by atoms with Gasteiger partial charge in [0.15, 0.2) is 0 Å².